The summed E-state index contributed by atoms with van der Waals surface area (Å²) in [5.41, 5.74) is 3.02. The number of nitrogens with one attached hydrogen (secondary N) is 1. The van der Waals surface area contributed by atoms with Gasteiger partial charge in [0.1, 0.15) is 5.82 Å². The van der Waals surface area contributed by atoms with Gasteiger partial charge in [0.2, 0.25) is 0 Å². The van der Waals surface area contributed by atoms with Crippen molar-refractivity contribution in [3.05, 3.63) is 51.5 Å². The van der Waals surface area contributed by atoms with Gasteiger partial charge in [0.05, 0.1) is 17.4 Å². The summed E-state index contributed by atoms with van der Waals surface area (Å²) in [5.74, 6) is -0.214. The largest absolute Gasteiger partial charge is 0.311 e. The van der Waals surface area contributed by atoms with Gasteiger partial charge in [-0.05, 0) is 50.2 Å². The zero-order chi connectivity index (χ0) is 14.0. The lowest BCUT2D eigenvalue weighted by atomic mass is 10.0. The van der Waals surface area contributed by atoms with Crippen LogP contribution in [-0.4, -0.2) is 16.8 Å². The van der Waals surface area contributed by atoms with E-state index in [4.69, 9.17) is 0 Å². The van der Waals surface area contributed by atoms with Crippen molar-refractivity contribution in [2.24, 2.45) is 7.05 Å². The van der Waals surface area contributed by atoms with E-state index in [2.05, 4.69) is 26.3 Å². The molecule has 0 aliphatic heterocycles. The molecule has 102 valence electrons. The van der Waals surface area contributed by atoms with Crippen LogP contribution in [0, 0.1) is 12.7 Å². The molecule has 0 fully saturated rings. The normalized spacial score (nSPS) is 12.7. The molecule has 19 heavy (non-hydrogen) atoms. The lowest BCUT2D eigenvalue weighted by Crippen LogP contribution is -2.21. The summed E-state index contributed by atoms with van der Waals surface area (Å²) in [4.78, 5) is 0. The summed E-state index contributed by atoms with van der Waals surface area (Å²) in [6.07, 6.45) is 0.702. The lowest BCUT2D eigenvalue weighted by molar-refractivity contribution is 0.534. The van der Waals surface area contributed by atoms with E-state index in [0.717, 1.165) is 21.4 Å². The topological polar surface area (TPSA) is 29.9 Å². The van der Waals surface area contributed by atoms with Crippen molar-refractivity contribution in [3.8, 4) is 0 Å². The Labute approximate surface area is 121 Å². The summed E-state index contributed by atoms with van der Waals surface area (Å²) in [6, 6.07) is 6.91. The van der Waals surface area contributed by atoms with E-state index in [1.54, 1.807) is 12.1 Å². The number of hydrogen-bond acceptors (Lipinski definition) is 2. The number of benzene rings is 1. The van der Waals surface area contributed by atoms with Gasteiger partial charge in [-0.2, -0.15) is 5.10 Å². The number of nitrogens with zero attached hydrogens (tertiary/aromatic N) is 2. The monoisotopic (exact) mass is 325 g/mol. The van der Waals surface area contributed by atoms with E-state index in [0.29, 0.717) is 6.42 Å². The summed E-state index contributed by atoms with van der Waals surface area (Å²) >= 11 is 3.47. The van der Waals surface area contributed by atoms with Gasteiger partial charge < -0.3 is 5.32 Å². The second kappa shape index (κ2) is 5.84. The summed E-state index contributed by atoms with van der Waals surface area (Å²) in [7, 11) is 3.83. The van der Waals surface area contributed by atoms with Crippen LogP contribution < -0.4 is 5.32 Å². The van der Waals surface area contributed by atoms with Gasteiger partial charge in [-0.1, -0.05) is 15.9 Å². The zero-order valence-corrected chi connectivity index (χ0v) is 12.8. The van der Waals surface area contributed by atoms with Crippen molar-refractivity contribution < 1.29 is 4.39 Å². The van der Waals surface area contributed by atoms with E-state index in [1.807, 2.05) is 31.8 Å². The summed E-state index contributed by atoms with van der Waals surface area (Å²) < 4.78 is 16.1. The Morgan fingerprint density at radius 3 is 2.74 bits per heavy atom. The fraction of sp³-hybridized carbons (Fsp3) is 0.357. The Kier molecular flexibility index (Phi) is 4.37. The van der Waals surface area contributed by atoms with Gasteiger partial charge >= 0.3 is 0 Å². The molecule has 1 heterocycles. The first-order valence-corrected chi connectivity index (χ1v) is 6.92. The molecule has 0 radical (unpaired) electrons. The molecule has 0 spiro atoms. The average molecular weight is 326 g/mol. The van der Waals surface area contributed by atoms with Gasteiger partial charge in [0.25, 0.3) is 0 Å². The summed E-state index contributed by atoms with van der Waals surface area (Å²) in [5, 5.41) is 7.62. The highest BCUT2D eigenvalue weighted by atomic mass is 79.9. The van der Waals surface area contributed by atoms with Crippen molar-refractivity contribution in [2.45, 2.75) is 19.4 Å². The first kappa shape index (κ1) is 14.2. The van der Waals surface area contributed by atoms with Gasteiger partial charge in [0.15, 0.2) is 0 Å². The minimum atomic E-state index is -0.214. The van der Waals surface area contributed by atoms with Gasteiger partial charge in [0, 0.05) is 11.5 Å². The van der Waals surface area contributed by atoms with E-state index in [1.165, 1.54) is 6.07 Å². The minimum absolute atomic E-state index is 0.101. The second-order valence-electron chi connectivity index (χ2n) is 4.62. The van der Waals surface area contributed by atoms with Gasteiger partial charge in [-0.15, -0.1) is 0 Å². The van der Waals surface area contributed by atoms with Crippen LogP contribution in [0.1, 0.15) is 23.0 Å². The fourth-order valence-corrected chi connectivity index (χ4v) is 2.64. The molecular weight excluding hydrogens is 309 g/mol. The lowest BCUT2D eigenvalue weighted by Gasteiger charge is -2.17. The predicted octanol–water partition coefficient (Wildman–Crippen LogP) is 3.13. The van der Waals surface area contributed by atoms with Crippen LogP contribution >= 0.6 is 15.9 Å². The average Bonchev–Trinajstić information content (AvgIpc) is 2.69. The zero-order valence-electron chi connectivity index (χ0n) is 11.2. The molecule has 3 nitrogen and oxygen atoms in total. The highest BCUT2D eigenvalue weighted by Gasteiger charge is 2.16. The van der Waals surface area contributed by atoms with Crippen molar-refractivity contribution in [2.75, 3.05) is 7.05 Å². The van der Waals surface area contributed by atoms with E-state index in [-0.39, 0.29) is 11.9 Å². The molecule has 0 aliphatic carbocycles. The molecule has 0 aliphatic rings. The Morgan fingerprint density at radius 2 is 2.16 bits per heavy atom. The maximum absolute atomic E-state index is 13.3. The summed E-state index contributed by atoms with van der Waals surface area (Å²) in [6.45, 7) is 1.97. The molecule has 1 atom stereocenters. The Bertz CT molecular complexity index is 580. The molecule has 2 rings (SSSR count). The van der Waals surface area contributed by atoms with Crippen LogP contribution in [0.3, 0.4) is 0 Å². The highest BCUT2D eigenvalue weighted by molar-refractivity contribution is 9.10. The number of aromatic nitrogens is 2. The number of aryl methyl sites for hydroxylation is 2. The van der Waals surface area contributed by atoms with Gasteiger partial charge in [-0.3, -0.25) is 4.68 Å². The van der Waals surface area contributed by atoms with Gasteiger partial charge in [-0.25, -0.2) is 4.39 Å². The van der Waals surface area contributed by atoms with Crippen LogP contribution in [0.2, 0.25) is 0 Å². The number of rotatable bonds is 4. The van der Waals surface area contributed by atoms with E-state index < -0.39 is 0 Å². The van der Waals surface area contributed by atoms with Crippen molar-refractivity contribution >= 4 is 15.9 Å². The molecule has 1 aromatic heterocycles. The predicted molar refractivity (Wildman–Crippen MR) is 77.5 cm³/mol. The van der Waals surface area contributed by atoms with Crippen LogP contribution in [0.15, 0.2) is 28.7 Å². The van der Waals surface area contributed by atoms with Crippen molar-refractivity contribution in [1.29, 1.82) is 0 Å². The smallest absolute Gasteiger partial charge is 0.123 e. The third-order valence-electron chi connectivity index (χ3n) is 3.18. The number of likely N-dealkylation sites (N-methyl/N-ethyl adjacent to an activating group) is 1. The number of hydrogen-bond donors (Lipinski definition) is 1. The number of halogens is 2. The quantitative estimate of drug-likeness (QED) is 0.935. The van der Waals surface area contributed by atoms with Crippen molar-refractivity contribution in [3.63, 3.8) is 0 Å². The van der Waals surface area contributed by atoms with E-state index in [9.17, 15) is 4.39 Å². The van der Waals surface area contributed by atoms with Crippen molar-refractivity contribution in [1.82, 2.24) is 15.1 Å². The van der Waals surface area contributed by atoms with E-state index >= 15 is 0 Å². The molecule has 1 unspecified atom stereocenters. The second-order valence-corrected chi connectivity index (χ2v) is 5.47. The molecule has 1 aromatic carbocycles. The molecule has 0 saturated carbocycles. The van der Waals surface area contributed by atoms with Crippen LogP contribution in [0.25, 0.3) is 0 Å². The SMILES string of the molecule is CNC(Cc1cc(F)ccc1Br)c1cc(C)nn1C. The Morgan fingerprint density at radius 1 is 1.42 bits per heavy atom. The molecule has 1 N–H and O–H groups in total. The third kappa shape index (κ3) is 3.22. The Hall–Kier alpha value is -1.20. The standard InChI is InChI=1S/C14H17BrFN3/c1-9-6-14(19(3)18-9)13(17-2)8-10-7-11(16)4-5-12(10)15/h4-7,13,17H,8H2,1-3H3. The maximum atomic E-state index is 13.3. The fourth-order valence-electron chi connectivity index (χ4n) is 2.23. The first-order chi connectivity index (χ1) is 9.01. The van der Waals surface area contributed by atoms with Crippen LogP contribution in [0.4, 0.5) is 4.39 Å². The molecule has 0 amide bonds. The third-order valence-corrected chi connectivity index (χ3v) is 3.95. The minimum Gasteiger partial charge on any atom is -0.311 e. The highest BCUT2D eigenvalue weighted by Crippen LogP contribution is 2.24. The molecule has 0 saturated heterocycles. The van der Waals surface area contributed by atoms with Crippen LogP contribution in [0.5, 0.6) is 0 Å². The molecule has 2 aromatic rings. The molecular formula is C14H17BrFN3. The maximum Gasteiger partial charge on any atom is 0.123 e. The molecule has 0 bridgehead atoms. The molecule has 5 heteroatoms. The van der Waals surface area contributed by atoms with Crippen LogP contribution in [-0.2, 0) is 13.5 Å². The first-order valence-electron chi connectivity index (χ1n) is 6.13. The Balaban J connectivity index is 2.29.